The highest BCUT2D eigenvalue weighted by molar-refractivity contribution is 5.76. The number of guanidine groups is 2. The summed E-state index contributed by atoms with van der Waals surface area (Å²) in [6.07, 6.45) is 0. The van der Waals surface area contributed by atoms with Gasteiger partial charge in [-0.25, -0.2) is 0 Å². The van der Waals surface area contributed by atoms with Crippen molar-refractivity contribution in [1.29, 1.82) is 5.41 Å². The van der Waals surface area contributed by atoms with E-state index in [1.165, 1.54) is 0 Å². The van der Waals surface area contributed by atoms with E-state index in [-0.39, 0.29) is 12.0 Å². The normalized spacial score (nSPS) is 8.73. The standard InChI is InChI=1S/C5H13N3.C4H11N3/c1-7(2)5(6)8(3)4;1-3(2)7-4(5)6/h6H,1-4H3;3H,1-2H3,(H4,5,6,7). The second-order valence-electron chi connectivity index (χ2n) is 3.76. The fraction of sp³-hybridized carbons (Fsp3) is 0.778. The Kier molecular flexibility index (Phi) is 8.42. The topological polar surface area (TPSA) is 94.7 Å². The molecule has 90 valence electrons. The Bertz CT molecular complexity index is 193. The quantitative estimate of drug-likeness (QED) is 0.415. The number of nitrogens with two attached hydrogens (primary N) is 2. The van der Waals surface area contributed by atoms with Gasteiger partial charge in [-0.3, -0.25) is 10.4 Å². The second-order valence-corrected chi connectivity index (χ2v) is 3.76. The van der Waals surface area contributed by atoms with Crippen LogP contribution in [0.2, 0.25) is 0 Å². The summed E-state index contributed by atoms with van der Waals surface area (Å²) in [6.45, 7) is 3.83. The first-order valence-corrected chi connectivity index (χ1v) is 4.70. The first-order chi connectivity index (χ1) is 6.68. The van der Waals surface area contributed by atoms with Crippen molar-refractivity contribution in [3.8, 4) is 0 Å². The summed E-state index contributed by atoms with van der Waals surface area (Å²) in [4.78, 5) is 7.25. The monoisotopic (exact) mass is 216 g/mol. The molecule has 0 heterocycles. The van der Waals surface area contributed by atoms with E-state index >= 15 is 0 Å². The van der Waals surface area contributed by atoms with Crippen LogP contribution in [0, 0.1) is 5.41 Å². The molecule has 6 nitrogen and oxygen atoms in total. The molecule has 0 aromatic carbocycles. The molecule has 0 aliphatic heterocycles. The summed E-state index contributed by atoms with van der Waals surface area (Å²) in [5.74, 6) is 0.681. The maximum Gasteiger partial charge on any atom is 0.192 e. The van der Waals surface area contributed by atoms with Gasteiger partial charge in [0.15, 0.2) is 11.9 Å². The lowest BCUT2D eigenvalue weighted by atomic mass is 10.4. The van der Waals surface area contributed by atoms with Crippen LogP contribution in [-0.4, -0.2) is 56.0 Å². The summed E-state index contributed by atoms with van der Waals surface area (Å²) in [7, 11) is 7.40. The van der Waals surface area contributed by atoms with Crippen molar-refractivity contribution >= 4 is 11.9 Å². The van der Waals surface area contributed by atoms with Gasteiger partial charge in [-0.2, -0.15) is 0 Å². The smallest absolute Gasteiger partial charge is 0.192 e. The van der Waals surface area contributed by atoms with E-state index in [0.29, 0.717) is 5.96 Å². The number of hydrogen-bond acceptors (Lipinski definition) is 2. The Morgan fingerprint density at radius 2 is 1.40 bits per heavy atom. The summed E-state index contributed by atoms with van der Waals surface area (Å²) >= 11 is 0. The number of nitrogens with zero attached hydrogens (tertiary/aromatic N) is 3. The van der Waals surface area contributed by atoms with Crippen LogP contribution in [0.5, 0.6) is 0 Å². The van der Waals surface area contributed by atoms with Gasteiger partial charge in [-0.15, -0.1) is 0 Å². The van der Waals surface area contributed by atoms with E-state index in [4.69, 9.17) is 16.9 Å². The van der Waals surface area contributed by atoms with E-state index in [1.807, 2.05) is 42.0 Å². The largest absolute Gasteiger partial charge is 0.370 e. The van der Waals surface area contributed by atoms with Gasteiger partial charge in [0.25, 0.3) is 0 Å². The third-order valence-corrected chi connectivity index (χ3v) is 1.25. The molecule has 0 spiro atoms. The molecule has 15 heavy (non-hydrogen) atoms. The van der Waals surface area contributed by atoms with E-state index in [2.05, 4.69) is 4.99 Å². The molecular formula is C9H24N6. The average molecular weight is 216 g/mol. The van der Waals surface area contributed by atoms with Gasteiger partial charge in [0.05, 0.1) is 0 Å². The Morgan fingerprint density at radius 1 is 1.07 bits per heavy atom. The van der Waals surface area contributed by atoms with Crippen molar-refractivity contribution in [1.82, 2.24) is 9.80 Å². The molecule has 0 atom stereocenters. The third-order valence-electron chi connectivity index (χ3n) is 1.25. The van der Waals surface area contributed by atoms with Crippen LogP contribution in [0.4, 0.5) is 0 Å². The minimum Gasteiger partial charge on any atom is -0.370 e. The molecule has 0 radical (unpaired) electrons. The number of aliphatic imine (C=N–C) groups is 1. The molecule has 0 aliphatic rings. The van der Waals surface area contributed by atoms with Gasteiger partial charge in [-0.05, 0) is 13.8 Å². The molecule has 0 aromatic heterocycles. The van der Waals surface area contributed by atoms with Crippen molar-refractivity contribution in [2.45, 2.75) is 19.9 Å². The van der Waals surface area contributed by atoms with Crippen molar-refractivity contribution in [3.63, 3.8) is 0 Å². The molecular weight excluding hydrogens is 192 g/mol. The first kappa shape index (κ1) is 16.0. The molecule has 0 fully saturated rings. The Labute approximate surface area is 92.4 Å². The van der Waals surface area contributed by atoms with Crippen molar-refractivity contribution in [2.75, 3.05) is 28.2 Å². The highest BCUT2D eigenvalue weighted by atomic mass is 15.3. The van der Waals surface area contributed by atoms with Crippen LogP contribution in [0.25, 0.3) is 0 Å². The highest BCUT2D eigenvalue weighted by Crippen LogP contribution is 1.81. The lowest BCUT2D eigenvalue weighted by Gasteiger charge is -2.19. The van der Waals surface area contributed by atoms with Crippen molar-refractivity contribution < 1.29 is 0 Å². The summed E-state index contributed by atoms with van der Waals surface area (Å²) in [5, 5.41) is 7.25. The van der Waals surface area contributed by atoms with Gasteiger partial charge >= 0.3 is 0 Å². The summed E-state index contributed by atoms with van der Waals surface area (Å²) < 4.78 is 0. The molecule has 0 saturated carbocycles. The van der Waals surface area contributed by atoms with Gasteiger partial charge in [0.1, 0.15) is 0 Å². The van der Waals surface area contributed by atoms with Gasteiger partial charge < -0.3 is 21.3 Å². The van der Waals surface area contributed by atoms with Crippen molar-refractivity contribution in [3.05, 3.63) is 0 Å². The second kappa shape index (κ2) is 7.90. The molecule has 5 N–H and O–H groups in total. The SMILES string of the molecule is CC(C)N=C(N)N.CN(C)C(=N)N(C)C. The molecule has 6 heteroatoms. The van der Waals surface area contributed by atoms with Gasteiger partial charge in [0.2, 0.25) is 0 Å². The average Bonchev–Trinajstić information content (AvgIpc) is 2.00. The van der Waals surface area contributed by atoms with Crippen LogP contribution < -0.4 is 11.5 Å². The van der Waals surface area contributed by atoms with Crippen LogP contribution in [0.15, 0.2) is 4.99 Å². The van der Waals surface area contributed by atoms with E-state index < -0.39 is 0 Å². The minimum absolute atomic E-state index is 0.162. The van der Waals surface area contributed by atoms with Crippen LogP contribution in [-0.2, 0) is 0 Å². The Morgan fingerprint density at radius 3 is 1.40 bits per heavy atom. The predicted octanol–water partition coefficient (Wildman–Crippen LogP) is -0.287. The summed E-state index contributed by atoms with van der Waals surface area (Å²) in [6, 6.07) is 0.213. The number of hydrogen-bond donors (Lipinski definition) is 3. The minimum atomic E-state index is 0.162. The molecule has 0 aliphatic carbocycles. The lowest BCUT2D eigenvalue weighted by Crippen LogP contribution is -2.34. The molecule has 0 rings (SSSR count). The Balaban J connectivity index is 0. The lowest BCUT2D eigenvalue weighted by molar-refractivity contribution is 0.478. The van der Waals surface area contributed by atoms with Gasteiger partial charge in [-0.1, -0.05) is 0 Å². The first-order valence-electron chi connectivity index (χ1n) is 4.70. The molecule has 0 unspecified atom stereocenters. The van der Waals surface area contributed by atoms with E-state index in [1.54, 1.807) is 9.80 Å². The van der Waals surface area contributed by atoms with Crippen LogP contribution >= 0.6 is 0 Å². The maximum absolute atomic E-state index is 7.25. The molecule has 0 saturated heterocycles. The molecule has 0 amide bonds. The predicted molar refractivity (Wildman–Crippen MR) is 66.0 cm³/mol. The van der Waals surface area contributed by atoms with Crippen LogP contribution in [0.1, 0.15) is 13.8 Å². The fourth-order valence-corrected chi connectivity index (χ4v) is 0.698. The van der Waals surface area contributed by atoms with Crippen LogP contribution in [0.3, 0.4) is 0 Å². The number of nitrogens with one attached hydrogen (secondary N) is 1. The van der Waals surface area contributed by atoms with E-state index in [0.717, 1.165) is 0 Å². The van der Waals surface area contributed by atoms with E-state index in [9.17, 15) is 0 Å². The zero-order chi connectivity index (χ0) is 12.6. The fourth-order valence-electron chi connectivity index (χ4n) is 0.698. The maximum atomic E-state index is 7.25. The number of rotatable bonds is 1. The Hall–Kier alpha value is -1.46. The third kappa shape index (κ3) is 12.5. The zero-order valence-corrected chi connectivity index (χ0v) is 10.6. The zero-order valence-electron chi connectivity index (χ0n) is 10.6. The van der Waals surface area contributed by atoms with Crippen molar-refractivity contribution in [2.24, 2.45) is 16.5 Å². The van der Waals surface area contributed by atoms with Gasteiger partial charge in [0, 0.05) is 34.2 Å². The molecule has 0 bridgehead atoms. The highest BCUT2D eigenvalue weighted by Gasteiger charge is 1.97. The molecule has 0 aromatic rings. The summed E-state index contributed by atoms with van der Waals surface area (Å²) in [5.41, 5.74) is 10.0.